The first-order valence-electron chi connectivity index (χ1n) is 5.49. The van der Waals surface area contributed by atoms with Crippen LogP contribution >= 0.6 is 0 Å². The van der Waals surface area contributed by atoms with Crippen LogP contribution in [0.5, 0.6) is 0 Å². The second-order valence-electron chi connectivity index (χ2n) is 3.72. The Morgan fingerprint density at radius 1 is 1.62 bits per heavy atom. The van der Waals surface area contributed by atoms with Gasteiger partial charge in [0.1, 0.15) is 5.82 Å². The van der Waals surface area contributed by atoms with E-state index >= 15 is 0 Å². The number of aromatic nitrogens is 1. The Bertz CT molecular complexity index is 370. The van der Waals surface area contributed by atoms with Gasteiger partial charge in [0.2, 0.25) is 0 Å². The van der Waals surface area contributed by atoms with Crippen LogP contribution in [0.25, 0.3) is 0 Å². The molecule has 0 aromatic carbocycles. The molecule has 0 saturated heterocycles. The van der Waals surface area contributed by atoms with E-state index in [0.29, 0.717) is 0 Å². The van der Waals surface area contributed by atoms with Crippen LogP contribution in [0.2, 0.25) is 0 Å². The normalized spacial score (nSPS) is 11.6. The third-order valence-corrected chi connectivity index (χ3v) is 2.46. The van der Waals surface area contributed by atoms with Gasteiger partial charge in [0.15, 0.2) is 0 Å². The maximum atomic E-state index is 8.83. The van der Waals surface area contributed by atoms with E-state index in [4.69, 9.17) is 5.26 Å². The topological polar surface area (TPSA) is 52.0 Å². The Morgan fingerprint density at radius 2 is 2.38 bits per heavy atom. The van der Waals surface area contributed by atoms with Crippen LogP contribution in [-0.4, -0.2) is 25.1 Å². The Kier molecular flexibility index (Phi) is 4.59. The molecule has 1 aromatic rings. The lowest BCUT2D eigenvalue weighted by atomic mass is 10.2. The number of rotatable bonds is 5. The minimum absolute atomic E-state index is 0.0335. The number of hydrogen-bond acceptors (Lipinski definition) is 4. The van der Waals surface area contributed by atoms with Gasteiger partial charge in [-0.2, -0.15) is 5.26 Å². The van der Waals surface area contributed by atoms with Crippen LogP contribution in [0.3, 0.4) is 0 Å². The highest BCUT2D eigenvalue weighted by Gasteiger charge is 2.09. The average Bonchev–Trinajstić information content (AvgIpc) is 2.35. The molecule has 0 spiro atoms. The predicted molar refractivity (Wildman–Crippen MR) is 66.4 cm³/mol. The number of pyridine rings is 1. The second kappa shape index (κ2) is 5.96. The van der Waals surface area contributed by atoms with Crippen molar-refractivity contribution in [1.82, 2.24) is 4.98 Å². The molecule has 86 valence electrons. The molecule has 0 aliphatic heterocycles. The monoisotopic (exact) mass is 218 g/mol. The summed E-state index contributed by atoms with van der Waals surface area (Å²) in [6.07, 6.45) is 1.78. The summed E-state index contributed by atoms with van der Waals surface area (Å²) >= 11 is 0. The molecule has 16 heavy (non-hydrogen) atoms. The van der Waals surface area contributed by atoms with Crippen molar-refractivity contribution in [3.63, 3.8) is 0 Å². The van der Waals surface area contributed by atoms with Crippen molar-refractivity contribution >= 4 is 11.5 Å². The zero-order valence-corrected chi connectivity index (χ0v) is 10.1. The molecule has 4 heteroatoms. The maximum absolute atomic E-state index is 8.83. The molecule has 1 heterocycles. The molecular weight excluding hydrogens is 200 g/mol. The van der Waals surface area contributed by atoms with Gasteiger partial charge in [-0.3, -0.25) is 0 Å². The van der Waals surface area contributed by atoms with Crippen molar-refractivity contribution in [3.05, 3.63) is 18.3 Å². The first kappa shape index (κ1) is 12.3. The Morgan fingerprint density at radius 3 is 2.94 bits per heavy atom. The van der Waals surface area contributed by atoms with Gasteiger partial charge in [0.25, 0.3) is 0 Å². The Balaban J connectivity index is 2.82. The summed E-state index contributed by atoms with van der Waals surface area (Å²) < 4.78 is 0. The van der Waals surface area contributed by atoms with Crippen LogP contribution in [-0.2, 0) is 0 Å². The quantitative estimate of drug-likeness (QED) is 0.822. The van der Waals surface area contributed by atoms with E-state index in [1.54, 1.807) is 6.20 Å². The van der Waals surface area contributed by atoms with Gasteiger partial charge < -0.3 is 10.2 Å². The summed E-state index contributed by atoms with van der Waals surface area (Å²) in [6.45, 7) is 5.66. The van der Waals surface area contributed by atoms with Gasteiger partial charge in [0.05, 0.1) is 12.0 Å². The number of nitrogens with zero attached hydrogens (tertiary/aromatic N) is 3. The fourth-order valence-electron chi connectivity index (χ4n) is 1.54. The Labute approximate surface area is 96.9 Å². The van der Waals surface area contributed by atoms with Crippen molar-refractivity contribution < 1.29 is 0 Å². The summed E-state index contributed by atoms with van der Waals surface area (Å²) in [5.74, 6) is 0.881. The molecule has 0 radical (unpaired) electrons. The van der Waals surface area contributed by atoms with Crippen LogP contribution in [0.15, 0.2) is 18.3 Å². The fourth-order valence-corrected chi connectivity index (χ4v) is 1.54. The van der Waals surface area contributed by atoms with Crippen molar-refractivity contribution in [2.24, 2.45) is 5.92 Å². The summed E-state index contributed by atoms with van der Waals surface area (Å²) in [5, 5.41) is 11.8. The van der Waals surface area contributed by atoms with Crippen molar-refractivity contribution in [1.29, 1.82) is 5.26 Å². The van der Waals surface area contributed by atoms with E-state index in [0.717, 1.165) is 24.6 Å². The van der Waals surface area contributed by atoms with Gasteiger partial charge in [0, 0.05) is 38.1 Å². The van der Waals surface area contributed by atoms with Crippen molar-refractivity contribution in [2.75, 3.05) is 30.4 Å². The van der Waals surface area contributed by atoms with Gasteiger partial charge >= 0.3 is 0 Å². The van der Waals surface area contributed by atoms with E-state index in [1.165, 1.54) is 0 Å². The summed E-state index contributed by atoms with van der Waals surface area (Å²) in [6, 6.07) is 6.22. The molecule has 0 bridgehead atoms. The molecular formula is C12H18N4. The largest absolute Gasteiger partial charge is 0.373 e. The fraction of sp³-hybridized carbons (Fsp3) is 0.500. The number of nitriles is 1. The summed E-state index contributed by atoms with van der Waals surface area (Å²) in [7, 11) is 1.85. The highest BCUT2D eigenvalue weighted by atomic mass is 15.1. The molecule has 0 aliphatic rings. The van der Waals surface area contributed by atoms with Crippen molar-refractivity contribution in [2.45, 2.75) is 13.8 Å². The molecule has 4 nitrogen and oxygen atoms in total. The minimum Gasteiger partial charge on any atom is -0.373 e. The van der Waals surface area contributed by atoms with E-state index in [1.807, 2.05) is 26.1 Å². The highest BCUT2D eigenvalue weighted by Crippen LogP contribution is 2.17. The Hall–Kier alpha value is -1.76. The lowest BCUT2D eigenvalue weighted by Crippen LogP contribution is -2.27. The number of nitrogens with one attached hydrogen (secondary N) is 1. The molecule has 0 fully saturated rings. The maximum Gasteiger partial charge on any atom is 0.127 e. The third kappa shape index (κ3) is 3.13. The lowest BCUT2D eigenvalue weighted by Gasteiger charge is -2.24. The number of anilines is 2. The molecule has 0 aliphatic carbocycles. The standard InChI is InChI=1S/C12H18N4/c1-4-16(9-10(2)8-13)11-5-6-15-12(7-11)14-3/h5-7,10H,4,9H2,1-3H3,(H,14,15). The van der Waals surface area contributed by atoms with E-state index in [9.17, 15) is 0 Å². The van der Waals surface area contributed by atoms with E-state index in [-0.39, 0.29) is 5.92 Å². The summed E-state index contributed by atoms with van der Waals surface area (Å²) in [5.41, 5.74) is 1.10. The molecule has 0 amide bonds. The minimum atomic E-state index is 0.0335. The molecule has 1 rings (SSSR count). The van der Waals surface area contributed by atoms with Crippen molar-refractivity contribution in [3.8, 4) is 6.07 Å². The third-order valence-electron chi connectivity index (χ3n) is 2.46. The van der Waals surface area contributed by atoms with Crippen LogP contribution in [0.1, 0.15) is 13.8 Å². The van der Waals surface area contributed by atoms with E-state index in [2.05, 4.69) is 28.2 Å². The lowest BCUT2D eigenvalue weighted by molar-refractivity contribution is 0.686. The van der Waals surface area contributed by atoms with Gasteiger partial charge in [-0.25, -0.2) is 4.98 Å². The zero-order chi connectivity index (χ0) is 12.0. The second-order valence-corrected chi connectivity index (χ2v) is 3.72. The van der Waals surface area contributed by atoms with Gasteiger partial charge in [-0.05, 0) is 19.9 Å². The average molecular weight is 218 g/mol. The number of hydrogen-bond donors (Lipinski definition) is 1. The first-order valence-corrected chi connectivity index (χ1v) is 5.49. The highest BCUT2D eigenvalue weighted by molar-refractivity contribution is 5.53. The van der Waals surface area contributed by atoms with E-state index < -0.39 is 0 Å². The van der Waals surface area contributed by atoms with Crippen LogP contribution < -0.4 is 10.2 Å². The molecule has 1 aromatic heterocycles. The summed E-state index contributed by atoms with van der Waals surface area (Å²) in [4.78, 5) is 6.35. The predicted octanol–water partition coefficient (Wildman–Crippen LogP) is 2.11. The zero-order valence-electron chi connectivity index (χ0n) is 10.1. The van der Waals surface area contributed by atoms with Gasteiger partial charge in [-0.1, -0.05) is 0 Å². The molecule has 1 N–H and O–H groups in total. The molecule has 0 saturated carbocycles. The first-order chi connectivity index (χ1) is 7.71. The van der Waals surface area contributed by atoms with Crippen LogP contribution in [0.4, 0.5) is 11.5 Å². The molecule has 1 atom stereocenters. The smallest absolute Gasteiger partial charge is 0.127 e. The SMILES string of the molecule is CCN(CC(C)C#N)c1ccnc(NC)c1. The van der Waals surface area contributed by atoms with Crippen LogP contribution in [0, 0.1) is 17.2 Å². The molecule has 1 unspecified atom stereocenters. The van der Waals surface area contributed by atoms with Gasteiger partial charge in [-0.15, -0.1) is 0 Å².